The van der Waals surface area contributed by atoms with E-state index in [1.54, 1.807) is 0 Å². The Hall–Kier alpha value is -0.570. The summed E-state index contributed by atoms with van der Waals surface area (Å²) < 4.78 is 0. The zero-order valence-corrected chi connectivity index (χ0v) is 7.59. The number of rotatable bonds is 3. The Bertz CT molecular complexity index is 252. The molecule has 0 aromatic heterocycles. The van der Waals surface area contributed by atoms with Gasteiger partial charge in [-0.3, -0.25) is 0 Å². The molecule has 0 radical (unpaired) electrons. The Kier molecular flexibility index (Phi) is 3.53. The van der Waals surface area contributed by atoms with Crippen LogP contribution < -0.4 is 5.73 Å². The lowest BCUT2D eigenvalue weighted by Gasteiger charge is -2.06. The van der Waals surface area contributed by atoms with E-state index in [4.69, 9.17) is 16.7 Å². The van der Waals surface area contributed by atoms with Crippen molar-refractivity contribution in [1.82, 2.24) is 0 Å². The second kappa shape index (κ2) is 4.45. The van der Waals surface area contributed by atoms with Gasteiger partial charge in [0.15, 0.2) is 0 Å². The monoisotopic (exact) mass is 186 g/mol. The predicted octanol–water partition coefficient (Wildman–Crippen LogP) is 1.01. The number of aliphatic hydroxyl groups is 1. The highest BCUT2D eigenvalue weighted by atomic mass is 35.5. The predicted molar refractivity (Wildman–Crippen MR) is 48.8 cm³/mol. The Morgan fingerprint density at radius 1 is 1.50 bits per heavy atom. The van der Waals surface area contributed by atoms with Gasteiger partial charge >= 0.3 is 0 Å². The van der Waals surface area contributed by atoms with E-state index in [0.717, 1.165) is 10.6 Å². The highest BCUT2D eigenvalue weighted by molar-refractivity contribution is 6.30. The van der Waals surface area contributed by atoms with Crippen molar-refractivity contribution in [1.29, 1.82) is 0 Å². The van der Waals surface area contributed by atoms with Gasteiger partial charge in [-0.15, -0.1) is 0 Å². The molecule has 0 amide bonds. The minimum Gasteiger partial charge on any atom is -0.396 e. The molecule has 4 N–H and O–H groups in total. The SMILES string of the molecule is [NH3+][C@@H](CCO)c1cccc(Cl)c1. The van der Waals surface area contributed by atoms with E-state index in [9.17, 15) is 0 Å². The molecule has 1 atom stereocenters. The first-order chi connectivity index (χ1) is 5.74. The van der Waals surface area contributed by atoms with Crippen LogP contribution in [-0.4, -0.2) is 11.7 Å². The first kappa shape index (κ1) is 9.52. The fourth-order valence-electron chi connectivity index (χ4n) is 1.08. The van der Waals surface area contributed by atoms with Crippen LogP contribution in [0.3, 0.4) is 0 Å². The number of hydrogen-bond donors (Lipinski definition) is 2. The molecule has 0 unspecified atom stereocenters. The zero-order chi connectivity index (χ0) is 8.97. The van der Waals surface area contributed by atoms with E-state index in [2.05, 4.69) is 5.73 Å². The molecule has 0 bridgehead atoms. The van der Waals surface area contributed by atoms with Crippen molar-refractivity contribution < 1.29 is 10.8 Å². The van der Waals surface area contributed by atoms with Gasteiger partial charge in [-0.1, -0.05) is 23.7 Å². The largest absolute Gasteiger partial charge is 0.396 e. The van der Waals surface area contributed by atoms with Gasteiger partial charge in [0.25, 0.3) is 0 Å². The van der Waals surface area contributed by atoms with Crippen LogP contribution in [0.15, 0.2) is 24.3 Å². The number of benzene rings is 1. The van der Waals surface area contributed by atoms with Gasteiger partial charge in [0, 0.05) is 23.6 Å². The lowest BCUT2D eigenvalue weighted by atomic mass is 10.1. The average molecular weight is 187 g/mol. The topological polar surface area (TPSA) is 47.9 Å². The number of aliphatic hydroxyl groups excluding tert-OH is 1. The molecule has 12 heavy (non-hydrogen) atoms. The van der Waals surface area contributed by atoms with E-state index in [1.165, 1.54) is 0 Å². The van der Waals surface area contributed by atoms with Crippen LogP contribution in [0.1, 0.15) is 18.0 Å². The van der Waals surface area contributed by atoms with Crippen LogP contribution in [-0.2, 0) is 0 Å². The number of halogens is 1. The van der Waals surface area contributed by atoms with Gasteiger partial charge in [-0.05, 0) is 12.1 Å². The molecule has 1 aromatic rings. The maximum atomic E-state index is 8.69. The third-order valence-electron chi connectivity index (χ3n) is 1.80. The summed E-state index contributed by atoms with van der Waals surface area (Å²) in [6.07, 6.45) is 0.681. The molecule has 0 aliphatic rings. The van der Waals surface area contributed by atoms with Crippen LogP contribution in [0.4, 0.5) is 0 Å². The molecule has 0 heterocycles. The Balaban J connectivity index is 2.73. The Morgan fingerprint density at radius 2 is 2.25 bits per heavy atom. The van der Waals surface area contributed by atoms with E-state index in [1.807, 2.05) is 24.3 Å². The minimum absolute atomic E-state index is 0.133. The summed E-state index contributed by atoms with van der Waals surface area (Å²) in [5.41, 5.74) is 5.00. The summed E-state index contributed by atoms with van der Waals surface area (Å²) >= 11 is 5.80. The zero-order valence-electron chi connectivity index (χ0n) is 6.83. The lowest BCUT2D eigenvalue weighted by molar-refractivity contribution is -0.428. The summed E-state index contributed by atoms with van der Waals surface area (Å²) in [5, 5.41) is 9.42. The summed E-state index contributed by atoms with van der Waals surface area (Å²) in [6, 6.07) is 7.71. The number of hydrogen-bond acceptors (Lipinski definition) is 1. The molecular formula is C9H13ClNO+. The van der Waals surface area contributed by atoms with Gasteiger partial charge in [-0.25, -0.2) is 0 Å². The molecule has 1 aromatic carbocycles. The third-order valence-corrected chi connectivity index (χ3v) is 2.03. The van der Waals surface area contributed by atoms with Crippen LogP contribution in [0.5, 0.6) is 0 Å². The van der Waals surface area contributed by atoms with Gasteiger partial charge in [0.2, 0.25) is 0 Å². The van der Waals surface area contributed by atoms with Gasteiger partial charge in [-0.2, -0.15) is 0 Å². The van der Waals surface area contributed by atoms with Crippen molar-refractivity contribution in [3.8, 4) is 0 Å². The standard InChI is InChI=1S/C9H12ClNO/c10-8-3-1-2-7(6-8)9(11)4-5-12/h1-3,6,9,12H,4-5,11H2/p+1/t9-/m0/s1. The Morgan fingerprint density at radius 3 is 2.83 bits per heavy atom. The molecule has 0 aliphatic heterocycles. The van der Waals surface area contributed by atoms with Gasteiger partial charge < -0.3 is 10.8 Å². The maximum absolute atomic E-state index is 8.69. The van der Waals surface area contributed by atoms with Crippen LogP contribution >= 0.6 is 11.6 Å². The molecular weight excluding hydrogens is 174 g/mol. The van der Waals surface area contributed by atoms with Gasteiger partial charge in [0.05, 0.1) is 0 Å². The second-order valence-electron chi connectivity index (χ2n) is 2.76. The van der Waals surface area contributed by atoms with E-state index in [0.29, 0.717) is 6.42 Å². The van der Waals surface area contributed by atoms with Crippen molar-refractivity contribution in [3.63, 3.8) is 0 Å². The third kappa shape index (κ3) is 2.48. The molecule has 0 saturated heterocycles. The van der Waals surface area contributed by atoms with E-state index in [-0.39, 0.29) is 12.6 Å². The fourth-order valence-corrected chi connectivity index (χ4v) is 1.28. The first-order valence-corrected chi connectivity index (χ1v) is 4.31. The van der Waals surface area contributed by atoms with Crippen molar-refractivity contribution in [2.75, 3.05) is 6.61 Å². The van der Waals surface area contributed by atoms with Crippen LogP contribution in [0.2, 0.25) is 5.02 Å². The van der Waals surface area contributed by atoms with Crippen LogP contribution in [0, 0.1) is 0 Å². The quantitative estimate of drug-likeness (QED) is 0.727. The molecule has 1 rings (SSSR count). The average Bonchev–Trinajstić information content (AvgIpc) is 2.05. The highest BCUT2D eigenvalue weighted by Gasteiger charge is 2.07. The van der Waals surface area contributed by atoms with Crippen molar-refractivity contribution in [3.05, 3.63) is 34.9 Å². The van der Waals surface area contributed by atoms with Crippen molar-refractivity contribution in [2.24, 2.45) is 0 Å². The van der Waals surface area contributed by atoms with Crippen molar-refractivity contribution in [2.45, 2.75) is 12.5 Å². The minimum atomic E-state index is 0.133. The Labute approximate surface area is 77.0 Å². The molecule has 0 saturated carbocycles. The molecule has 2 nitrogen and oxygen atoms in total. The maximum Gasteiger partial charge on any atom is 0.112 e. The van der Waals surface area contributed by atoms with E-state index >= 15 is 0 Å². The molecule has 0 aliphatic carbocycles. The molecule has 66 valence electrons. The fraction of sp³-hybridized carbons (Fsp3) is 0.333. The summed E-state index contributed by atoms with van der Waals surface area (Å²) in [4.78, 5) is 0. The molecule has 0 spiro atoms. The first-order valence-electron chi connectivity index (χ1n) is 3.93. The van der Waals surface area contributed by atoms with Gasteiger partial charge in [0.1, 0.15) is 6.04 Å². The van der Waals surface area contributed by atoms with Crippen LogP contribution in [0.25, 0.3) is 0 Å². The second-order valence-corrected chi connectivity index (χ2v) is 3.20. The summed E-state index contributed by atoms with van der Waals surface area (Å²) in [6.45, 7) is 0.167. The summed E-state index contributed by atoms with van der Waals surface area (Å²) in [5.74, 6) is 0. The smallest absolute Gasteiger partial charge is 0.112 e. The lowest BCUT2D eigenvalue weighted by Crippen LogP contribution is -2.53. The normalized spacial score (nSPS) is 12.9. The number of quaternary nitrogens is 1. The van der Waals surface area contributed by atoms with E-state index < -0.39 is 0 Å². The molecule has 3 heteroatoms. The van der Waals surface area contributed by atoms with Crippen molar-refractivity contribution >= 4 is 11.6 Å². The molecule has 0 fully saturated rings. The highest BCUT2D eigenvalue weighted by Crippen LogP contribution is 2.16. The summed E-state index contributed by atoms with van der Waals surface area (Å²) in [7, 11) is 0.